The van der Waals surface area contributed by atoms with Crippen LogP contribution in [0.25, 0.3) is 0 Å². The van der Waals surface area contributed by atoms with Gasteiger partial charge in [0.25, 0.3) is 11.8 Å². The lowest BCUT2D eigenvalue weighted by Gasteiger charge is -2.27. The smallest absolute Gasteiger partial charge is 0.416 e. The van der Waals surface area contributed by atoms with Gasteiger partial charge in [-0.2, -0.15) is 13.2 Å². The van der Waals surface area contributed by atoms with E-state index in [-0.39, 0.29) is 30.2 Å². The summed E-state index contributed by atoms with van der Waals surface area (Å²) < 4.78 is 54.3. The summed E-state index contributed by atoms with van der Waals surface area (Å²) in [6, 6.07) is 2.94. The van der Waals surface area contributed by atoms with Crippen LogP contribution in [-0.2, 0) is 6.18 Å². The third-order valence-electron chi connectivity index (χ3n) is 3.60. The van der Waals surface area contributed by atoms with E-state index in [4.69, 9.17) is 14.2 Å². The number of benzene rings is 1. The molecule has 0 radical (unpaired) electrons. The molecule has 0 amide bonds. The molecule has 2 heterocycles. The highest BCUT2D eigenvalue weighted by atomic mass is 19.4. The van der Waals surface area contributed by atoms with Gasteiger partial charge in [-0.3, -0.25) is 0 Å². The van der Waals surface area contributed by atoms with Crippen LogP contribution >= 0.6 is 0 Å². The van der Waals surface area contributed by atoms with Gasteiger partial charge in [-0.15, -0.1) is 0 Å². The predicted octanol–water partition coefficient (Wildman–Crippen LogP) is 3.45. The molecule has 1 aromatic heterocycles. The molecule has 1 aromatic carbocycles. The second-order valence-corrected chi connectivity index (χ2v) is 5.26. The van der Waals surface area contributed by atoms with Crippen molar-refractivity contribution < 1.29 is 27.4 Å². The van der Waals surface area contributed by atoms with E-state index in [1.807, 2.05) is 6.92 Å². The number of nitrogens with one attached hydrogen (secondary N) is 1. The molecule has 0 spiro atoms. The Bertz CT molecular complexity index is 768. The van der Waals surface area contributed by atoms with Crippen molar-refractivity contribution in [3.05, 3.63) is 35.7 Å². The maximum Gasteiger partial charge on any atom is 0.416 e. The van der Waals surface area contributed by atoms with E-state index in [1.54, 1.807) is 0 Å². The van der Waals surface area contributed by atoms with Gasteiger partial charge in [0.2, 0.25) is 0 Å². The molecular formula is C16H16F3N3O3. The van der Waals surface area contributed by atoms with Crippen LogP contribution in [0.4, 0.5) is 18.9 Å². The molecule has 1 aliphatic rings. The Morgan fingerprint density at radius 3 is 2.80 bits per heavy atom. The Morgan fingerprint density at radius 2 is 2.12 bits per heavy atom. The molecule has 2 aromatic rings. The van der Waals surface area contributed by atoms with Crippen molar-refractivity contribution >= 4 is 5.69 Å². The molecule has 1 aliphatic heterocycles. The Hall–Kier alpha value is -2.71. The maximum atomic E-state index is 12.8. The molecule has 6 nitrogen and oxygen atoms in total. The van der Waals surface area contributed by atoms with Gasteiger partial charge in [0.15, 0.2) is 0 Å². The van der Waals surface area contributed by atoms with Crippen molar-refractivity contribution in [2.45, 2.75) is 19.1 Å². The molecule has 1 unspecified atom stereocenters. The van der Waals surface area contributed by atoms with Gasteiger partial charge in [0.1, 0.15) is 18.4 Å². The highest BCUT2D eigenvalue weighted by Gasteiger charge is 2.32. The summed E-state index contributed by atoms with van der Waals surface area (Å²) in [5, 5.41) is 3.11. The molecule has 134 valence electrons. The van der Waals surface area contributed by atoms with Gasteiger partial charge in [0, 0.05) is 0 Å². The van der Waals surface area contributed by atoms with E-state index in [0.29, 0.717) is 18.0 Å². The summed E-state index contributed by atoms with van der Waals surface area (Å²) in [7, 11) is 1.46. The number of nitrogens with zero attached hydrogens (tertiary/aromatic N) is 2. The van der Waals surface area contributed by atoms with Crippen LogP contribution < -0.4 is 19.5 Å². The number of halogens is 3. The van der Waals surface area contributed by atoms with E-state index in [0.717, 1.165) is 12.1 Å². The third kappa shape index (κ3) is 3.54. The van der Waals surface area contributed by atoms with Crippen molar-refractivity contribution in [2.75, 3.05) is 25.6 Å². The molecule has 1 N–H and O–H groups in total. The first-order valence-electron chi connectivity index (χ1n) is 7.56. The van der Waals surface area contributed by atoms with Gasteiger partial charge in [-0.25, -0.2) is 9.97 Å². The second kappa shape index (κ2) is 6.66. The summed E-state index contributed by atoms with van der Waals surface area (Å²) in [6.07, 6.45) is -2.90. The average Bonchev–Trinajstić information content (AvgIpc) is 2.60. The number of anilines is 1. The SMILES string of the molecule is CCOc1nc(C2COc3cc(C(F)(F)F)ccc3N2)cnc1OC. The van der Waals surface area contributed by atoms with Crippen molar-refractivity contribution in [1.29, 1.82) is 0 Å². The largest absolute Gasteiger partial charge is 0.489 e. The lowest BCUT2D eigenvalue weighted by Crippen LogP contribution is -2.25. The van der Waals surface area contributed by atoms with E-state index < -0.39 is 11.7 Å². The first-order chi connectivity index (χ1) is 11.9. The number of ether oxygens (including phenoxy) is 3. The minimum absolute atomic E-state index is 0.112. The molecule has 25 heavy (non-hydrogen) atoms. The van der Waals surface area contributed by atoms with Crippen LogP contribution in [0.2, 0.25) is 0 Å². The minimum Gasteiger partial charge on any atom is -0.489 e. The first-order valence-corrected chi connectivity index (χ1v) is 7.56. The molecule has 1 atom stereocenters. The summed E-state index contributed by atoms with van der Waals surface area (Å²) in [5.74, 6) is 0.664. The fourth-order valence-corrected chi connectivity index (χ4v) is 2.41. The number of hydrogen-bond acceptors (Lipinski definition) is 6. The normalized spacial score (nSPS) is 16.4. The molecule has 9 heteroatoms. The molecule has 3 rings (SSSR count). The zero-order chi connectivity index (χ0) is 18.0. The van der Waals surface area contributed by atoms with Gasteiger partial charge >= 0.3 is 6.18 Å². The Kier molecular flexibility index (Phi) is 4.56. The monoisotopic (exact) mass is 355 g/mol. The predicted molar refractivity (Wildman–Crippen MR) is 83.1 cm³/mol. The van der Waals surface area contributed by atoms with E-state index in [9.17, 15) is 13.2 Å². The number of rotatable bonds is 4. The lowest BCUT2D eigenvalue weighted by atomic mass is 10.1. The molecule has 0 aliphatic carbocycles. The zero-order valence-corrected chi connectivity index (χ0v) is 13.6. The maximum absolute atomic E-state index is 12.8. The van der Waals surface area contributed by atoms with Crippen LogP contribution in [-0.4, -0.2) is 30.3 Å². The average molecular weight is 355 g/mol. The Labute approximate surface area is 141 Å². The minimum atomic E-state index is -4.41. The molecule has 0 fully saturated rings. The second-order valence-electron chi connectivity index (χ2n) is 5.26. The first kappa shape index (κ1) is 17.1. The van der Waals surface area contributed by atoms with E-state index >= 15 is 0 Å². The lowest BCUT2D eigenvalue weighted by molar-refractivity contribution is -0.137. The molecule has 0 saturated heterocycles. The highest BCUT2D eigenvalue weighted by Crippen LogP contribution is 2.39. The Balaban J connectivity index is 1.84. The standard InChI is InChI=1S/C16H16F3N3O3/c1-3-24-15-14(23-2)20-7-11(22-15)12-8-25-13-6-9(16(17,18)19)4-5-10(13)21-12/h4-7,12,21H,3,8H2,1-2H3. The van der Waals surface area contributed by atoms with E-state index in [1.165, 1.54) is 19.4 Å². The number of hydrogen-bond donors (Lipinski definition) is 1. The number of fused-ring (bicyclic) bond motifs is 1. The van der Waals surface area contributed by atoms with Crippen LogP contribution in [0.1, 0.15) is 24.2 Å². The third-order valence-corrected chi connectivity index (χ3v) is 3.60. The fourth-order valence-electron chi connectivity index (χ4n) is 2.41. The Morgan fingerprint density at radius 1 is 1.32 bits per heavy atom. The molecule has 0 bridgehead atoms. The van der Waals surface area contributed by atoms with Crippen LogP contribution in [0.15, 0.2) is 24.4 Å². The van der Waals surface area contributed by atoms with Crippen LogP contribution in [0.5, 0.6) is 17.5 Å². The van der Waals surface area contributed by atoms with Crippen molar-refractivity contribution in [1.82, 2.24) is 9.97 Å². The van der Waals surface area contributed by atoms with Crippen molar-refractivity contribution in [2.24, 2.45) is 0 Å². The van der Waals surface area contributed by atoms with Gasteiger partial charge < -0.3 is 19.5 Å². The van der Waals surface area contributed by atoms with E-state index in [2.05, 4.69) is 15.3 Å². The topological polar surface area (TPSA) is 65.5 Å². The van der Waals surface area contributed by atoms with Crippen LogP contribution in [0.3, 0.4) is 0 Å². The van der Waals surface area contributed by atoms with Gasteiger partial charge in [-0.1, -0.05) is 0 Å². The number of alkyl halides is 3. The molecule has 0 saturated carbocycles. The van der Waals surface area contributed by atoms with Crippen molar-refractivity contribution in [3.8, 4) is 17.5 Å². The zero-order valence-electron chi connectivity index (χ0n) is 13.6. The van der Waals surface area contributed by atoms with Crippen molar-refractivity contribution in [3.63, 3.8) is 0 Å². The quantitative estimate of drug-likeness (QED) is 0.906. The fraction of sp³-hybridized carbons (Fsp3) is 0.375. The summed E-state index contributed by atoms with van der Waals surface area (Å²) in [5.41, 5.74) is 0.240. The number of methoxy groups -OCH3 is 1. The summed E-state index contributed by atoms with van der Waals surface area (Å²) >= 11 is 0. The summed E-state index contributed by atoms with van der Waals surface area (Å²) in [4.78, 5) is 8.49. The molecular weight excluding hydrogens is 339 g/mol. The number of aromatic nitrogens is 2. The summed E-state index contributed by atoms with van der Waals surface area (Å²) in [6.45, 7) is 2.32. The van der Waals surface area contributed by atoms with Crippen LogP contribution in [0, 0.1) is 0 Å². The highest BCUT2D eigenvalue weighted by molar-refractivity contribution is 5.60. The van der Waals surface area contributed by atoms with Gasteiger partial charge in [-0.05, 0) is 25.1 Å². The van der Waals surface area contributed by atoms with Gasteiger partial charge in [0.05, 0.1) is 36.9 Å².